The average Bonchev–Trinajstić information content (AvgIpc) is 3.40. The maximum Gasteiger partial charge on any atom is 0.223 e. The van der Waals surface area contributed by atoms with Gasteiger partial charge < -0.3 is 24.8 Å². The lowest BCUT2D eigenvalue weighted by atomic mass is 9.90. The number of ether oxygens (including phenoxy) is 3. The summed E-state index contributed by atoms with van der Waals surface area (Å²) in [6.45, 7) is 0. The van der Waals surface area contributed by atoms with Crippen LogP contribution in [0.25, 0.3) is 10.9 Å². The van der Waals surface area contributed by atoms with Gasteiger partial charge in [0.05, 0.1) is 45.1 Å². The largest absolute Gasteiger partial charge is 0.497 e. The smallest absolute Gasteiger partial charge is 0.223 e. The molecule has 0 saturated carbocycles. The fourth-order valence-electron chi connectivity index (χ4n) is 4.83. The fourth-order valence-corrected chi connectivity index (χ4v) is 4.83. The number of methoxy groups -OCH3 is 3. The number of fused-ring (bicyclic) bond motifs is 1. The lowest BCUT2D eigenvalue weighted by Crippen LogP contribution is -2.25. The summed E-state index contributed by atoms with van der Waals surface area (Å²) in [6, 6.07) is 6.15. The third-order valence-corrected chi connectivity index (χ3v) is 6.67. The minimum absolute atomic E-state index is 0.00524. The molecule has 3 aromatic rings. The number of nitrogens with one attached hydrogen (secondary N) is 3. The van der Waals surface area contributed by atoms with Crippen molar-refractivity contribution in [2.45, 2.75) is 44.2 Å². The van der Waals surface area contributed by atoms with E-state index in [-0.39, 0.29) is 12.1 Å². The molecule has 9 nitrogen and oxygen atoms in total. The van der Waals surface area contributed by atoms with Crippen LogP contribution >= 0.6 is 0 Å². The number of rotatable bonds is 9. The number of hydrogen-bond donors (Lipinski definition) is 3. The minimum atomic E-state index is -0.0867. The molecular weight excluding hydrogens is 456 g/mol. The standard InChI is InChI=1S/C27H32N6O3/c1-34-23-12-21(13-24(35-2)26(23)36-3)32-27-28-14-19(15-29-27)25(17-7-5-4-6-8-17)31-20-9-10-22-18(11-20)16-30-33-22/h7,9-12,14-16,21,25,31H,4-6,8,13H2,1-3H3,(H,30,33)(H,28,29,32). The molecule has 0 bridgehead atoms. The fraction of sp³-hybridized carbons (Fsp3) is 0.370. The van der Waals surface area contributed by atoms with Crippen LogP contribution in [-0.4, -0.2) is 47.5 Å². The quantitative estimate of drug-likeness (QED) is 0.352. The van der Waals surface area contributed by atoms with Crippen LogP contribution in [0.3, 0.4) is 0 Å². The topological polar surface area (TPSA) is 106 Å². The zero-order valence-electron chi connectivity index (χ0n) is 20.9. The molecule has 5 rings (SSSR count). The van der Waals surface area contributed by atoms with Crippen molar-refractivity contribution in [2.24, 2.45) is 0 Å². The van der Waals surface area contributed by atoms with E-state index in [1.807, 2.05) is 30.7 Å². The first-order valence-corrected chi connectivity index (χ1v) is 12.2. The Morgan fingerprint density at radius 1 is 1.03 bits per heavy atom. The van der Waals surface area contributed by atoms with E-state index in [0.717, 1.165) is 35.0 Å². The van der Waals surface area contributed by atoms with Crippen molar-refractivity contribution in [1.82, 2.24) is 20.2 Å². The predicted molar refractivity (Wildman–Crippen MR) is 139 cm³/mol. The van der Waals surface area contributed by atoms with E-state index in [0.29, 0.717) is 29.6 Å². The molecule has 188 valence electrons. The molecule has 2 aromatic heterocycles. The van der Waals surface area contributed by atoms with E-state index >= 15 is 0 Å². The monoisotopic (exact) mass is 488 g/mol. The maximum atomic E-state index is 5.52. The van der Waals surface area contributed by atoms with Crippen LogP contribution in [0.5, 0.6) is 0 Å². The van der Waals surface area contributed by atoms with E-state index in [1.54, 1.807) is 21.3 Å². The summed E-state index contributed by atoms with van der Waals surface area (Å²) in [5, 5.41) is 15.3. The van der Waals surface area contributed by atoms with Crippen molar-refractivity contribution in [2.75, 3.05) is 32.0 Å². The Morgan fingerprint density at radius 2 is 1.89 bits per heavy atom. The molecule has 0 fully saturated rings. The molecule has 0 saturated heterocycles. The van der Waals surface area contributed by atoms with E-state index in [9.17, 15) is 0 Å². The number of anilines is 2. The molecule has 9 heteroatoms. The van der Waals surface area contributed by atoms with E-state index in [1.165, 1.54) is 18.4 Å². The van der Waals surface area contributed by atoms with Crippen LogP contribution in [0.1, 0.15) is 43.7 Å². The van der Waals surface area contributed by atoms with Gasteiger partial charge >= 0.3 is 0 Å². The average molecular weight is 489 g/mol. The van der Waals surface area contributed by atoms with Gasteiger partial charge in [-0.3, -0.25) is 5.10 Å². The number of H-pyrrole nitrogens is 1. The molecule has 36 heavy (non-hydrogen) atoms. The summed E-state index contributed by atoms with van der Waals surface area (Å²) >= 11 is 0. The van der Waals surface area contributed by atoms with E-state index < -0.39 is 0 Å². The summed E-state index contributed by atoms with van der Waals surface area (Å²) in [5.41, 5.74) is 4.46. The van der Waals surface area contributed by atoms with Gasteiger partial charge in [-0.2, -0.15) is 5.10 Å². The summed E-state index contributed by atoms with van der Waals surface area (Å²) in [7, 11) is 4.85. The first kappa shape index (κ1) is 23.7. The van der Waals surface area contributed by atoms with Gasteiger partial charge in [-0.1, -0.05) is 6.08 Å². The van der Waals surface area contributed by atoms with Crippen LogP contribution in [0.4, 0.5) is 11.6 Å². The van der Waals surface area contributed by atoms with Crippen molar-refractivity contribution < 1.29 is 14.2 Å². The number of nitrogens with zero attached hydrogens (tertiary/aromatic N) is 3. The molecule has 2 heterocycles. The van der Waals surface area contributed by atoms with Crippen LogP contribution in [0.2, 0.25) is 0 Å². The molecule has 0 amide bonds. The van der Waals surface area contributed by atoms with Crippen LogP contribution in [0, 0.1) is 0 Å². The molecule has 2 aliphatic rings. The summed E-state index contributed by atoms with van der Waals surface area (Å²) in [4.78, 5) is 9.30. The number of hydrogen-bond acceptors (Lipinski definition) is 8. The van der Waals surface area contributed by atoms with Gasteiger partial charge in [0.25, 0.3) is 0 Å². The second-order valence-corrected chi connectivity index (χ2v) is 8.96. The van der Waals surface area contributed by atoms with E-state index in [2.05, 4.69) is 49.0 Å². The lowest BCUT2D eigenvalue weighted by Gasteiger charge is -2.26. The highest BCUT2D eigenvalue weighted by Gasteiger charge is 2.26. The first-order valence-electron chi connectivity index (χ1n) is 12.2. The molecule has 1 aromatic carbocycles. The Balaban J connectivity index is 1.36. The summed E-state index contributed by atoms with van der Waals surface area (Å²) < 4.78 is 16.5. The zero-order valence-corrected chi connectivity index (χ0v) is 20.9. The van der Waals surface area contributed by atoms with Gasteiger partial charge in [0.15, 0.2) is 11.5 Å². The van der Waals surface area contributed by atoms with Crippen molar-refractivity contribution >= 4 is 22.5 Å². The molecule has 2 unspecified atom stereocenters. The molecule has 2 aliphatic carbocycles. The molecule has 0 aliphatic heterocycles. The van der Waals surface area contributed by atoms with Crippen molar-refractivity contribution in [3.8, 4) is 0 Å². The molecule has 2 atom stereocenters. The summed E-state index contributed by atoms with van der Waals surface area (Å²) in [6.07, 6.45) is 15.1. The molecule has 3 N–H and O–H groups in total. The Morgan fingerprint density at radius 3 is 2.61 bits per heavy atom. The lowest BCUT2D eigenvalue weighted by molar-refractivity contribution is 0.172. The van der Waals surface area contributed by atoms with Crippen molar-refractivity contribution in [3.05, 3.63) is 77.4 Å². The van der Waals surface area contributed by atoms with Gasteiger partial charge in [0.2, 0.25) is 5.95 Å². The highest BCUT2D eigenvalue weighted by molar-refractivity contribution is 5.81. The van der Waals surface area contributed by atoms with Gasteiger partial charge in [-0.25, -0.2) is 9.97 Å². The van der Waals surface area contributed by atoms with Crippen molar-refractivity contribution in [1.29, 1.82) is 0 Å². The molecular formula is C27H32N6O3. The Bertz CT molecular complexity index is 1290. The normalized spacial score (nSPS) is 18.8. The minimum Gasteiger partial charge on any atom is -0.497 e. The highest BCUT2D eigenvalue weighted by Crippen LogP contribution is 2.33. The second kappa shape index (κ2) is 10.7. The SMILES string of the molecule is COC1=CC(Nc2ncc(C(Nc3ccc4[nH]ncc4c3)C3=CCCCC3)cn2)CC(OC)=C1OC. The number of allylic oxidation sites excluding steroid dienone is 1. The Kier molecular flexibility index (Phi) is 7.06. The van der Waals surface area contributed by atoms with Crippen LogP contribution in [0.15, 0.2) is 71.8 Å². The van der Waals surface area contributed by atoms with Gasteiger partial charge in [0, 0.05) is 35.5 Å². The van der Waals surface area contributed by atoms with Crippen LogP contribution < -0.4 is 10.6 Å². The zero-order chi connectivity index (χ0) is 24.9. The number of benzene rings is 1. The summed E-state index contributed by atoms with van der Waals surface area (Å²) in [5.74, 6) is 2.49. The molecule has 0 radical (unpaired) electrons. The molecule has 0 spiro atoms. The highest BCUT2D eigenvalue weighted by atomic mass is 16.5. The number of aromatic amines is 1. The van der Waals surface area contributed by atoms with Gasteiger partial charge in [-0.15, -0.1) is 0 Å². The Hall–Kier alpha value is -4.01. The second-order valence-electron chi connectivity index (χ2n) is 8.96. The van der Waals surface area contributed by atoms with Crippen molar-refractivity contribution in [3.63, 3.8) is 0 Å². The maximum absolute atomic E-state index is 5.52. The van der Waals surface area contributed by atoms with Gasteiger partial charge in [0.1, 0.15) is 5.76 Å². The number of aromatic nitrogens is 4. The predicted octanol–water partition coefficient (Wildman–Crippen LogP) is 5.23. The van der Waals surface area contributed by atoms with Gasteiger partial charge in [-0.05, 0) is 55.5 Å². The third-order valence-electron chi connectivity index (χ3n) is 6.67. The Labute approximate surface area is 210 Å². The van der Waals surface area contributed by atoms with Crippen LogP contribution in [-0.2, 0) is 14.2 Å². The third kappa shape index (κ3) is 5.00. The van der Waals surface area contributed by atoms with E-state index in [4.69, 9.17) is 14.2 Å². The first-order chi connectivity index (χ1) is 17.7.